The van der Waals surface area contributed by atoms with E-state index in [1.165, 1.54) is 18.2 Å². The van der Waals surface area contributed by atoms with Gasteiger partial charge in [0, 0.05) is 10.7 Å². The molecular formula is C29H24Cl2N2O6S. The molecule has 1 saturated heterocycles. The summed E-state index contributed by atoms with van der Waals surface area (Å²) in [6.45, 7) is 1.98. The van der Waals surface area contributed by atoms with Gasteiger partial charge in [-0.2, -0.15) is 0 Å². The lowest BCUT2D eigenvalue weighted by molar-refractivity contribution is -0.127. The van der Waals surface area contributed by atoms with E-state index in [0.29, 0.717) is 29.4 Å². The number of amides is 3. The molecule has 0 unspecified atom stereocenters. The fourth-order valence-electron chi connectivity index (χ4n) is 3.57. The molecule has 0 bridgehead atoms. The lowest BCUT2D eigenvalue weighted by atomic mass is 10.2. The van der Waals surface area contributed by atoms with Crippen molar-refractivity contribution in [2.45, 2.75) is 20.0 Å². The van der Waals surface area contributed by atoms with Crippen molar-refractivity contribution >= 4 is 69.8 Å². The van der Waals surface area contributed by atoms with Gasteiger partial charge in [0.05, 0.1) is 22.1 Å². The number of rotatable bonds is 10. The molecule has 1 aliphatic rings. The van der Waals surface area contributed by atoms with Crippen LogP contribution in [0.2, 0.25) is 10.0 Å². The number of ether oxygens (including phenoxy) is 2. The highest BCUT2D eigenvalue weighted by molar-refractivity contribution is 8.18. The first kappa shape index (κ1) is 29.2. The molecule has 3 aromatic rings. The Morgan fingerprint density at radius 2 is 1.73 bits per heavy atom. The molecule has 0 radical (unpaired) electrons. The molecule has 1 heterocycles. The van der Waals surface area contributed by atoms with E-state index in [9.17, 15) is 19.2 Å². The molecule has 1 fully saturated rings. The van der Waals surface area contributed by atoms with Crippen LogP contribution in [0.15, 0.2) is 71.6 Å². The zero-order valence-electron chi connectivity index (χ0n) is 21.3. The fourth-order valence-corrected chi connectivity index (χ4v) is 4.73. The first-order chi connectivity index (χ1) is 19.2. The first-order valence-electron chi connectivity index (χ1n) is 12.2. The highest BCUT2D eigenvalue weighted by Gasteiger charge is 2.36. The molecule has 0 aliphatic carbocycles. The van der Waals surface area contributed by atoms with Crippen LogP contribution in [-0.2, 0) is 20.9 Å². The van der Waals surface area contributed by atoms with E-state index < -0.39 is 29.6 Å². The van der Waals surface area contributed by atoms with E-state index in [-0.39, 0.29) is 27.8 Å². The number of anilines is 1. The largest absolute Gasteiger partial charge is 0.489 e. The SMILES string of the molecule is CCCOC(=O)c1cc(NC(=O)CN2C(=O)S/C(=C/c3ccc(OCc4ccc(Cl)cc4)cc3)C2=O)ccc1Cl. The number of carbonyl (C=O) groups excluding carboxylic acids is 4. The molecular weight excluding hydrogens is 575 g/mol. The van der Waals surface area contributed by atoms with Crippen molar-refractivity contribution in [3.8, 4) is 5.75 Å². The van der Waals surface area contributed by atoms with Crippen molar-refractivity contribution < 1.29 is 28.7 Å². The van der Waals surface area contributed by atoms with Gasteiger partial charge in [-0.1, -0.05) is 54.4 Å². The summed E-state index contributed by atoms with van der Waals surface area (Å²) in [6, 6.07) is 18.7. The molecule has 1 aliphatic heterocycles. The Labute approximate surface area is 245 Å². The van der Waals surface area contributed by atoms with Crippen LogP contribution in [0.25, 0.3) is 6.08 Å². The minimum atomic E-state index is -0.611. The van der Waals surface area contributed by atoms with Crippen LogP contribution in [-0.4, -0.2) is 41.1 Å². The predicted octanol–water partition coefficient (Wildman–Crippen LogP) is 6.81. The molecule has 206 valence electrons. The van der Waals surface area contributed by atoms with Gasteiger partial charge in [0.1, 0.15) is 18.9 Å². The van der Waals surface area contributed by atoms with Crippen molar-refractivity contribution in [2.75, 3.05) is 18.5 Å². The van der Waals surface area contributed by atoms with E-state index in [1.54, 1.807) is 42.5 Å². The number of benzene rings is 3. The summed E-state index contributed by atoms with van der Waals surface area (Å²) < 4.78 is 10.9. The Morgan fingerprint density at radius 3 is 2.42 bits per heavy atom. The van der Waals surface area contributed by atoms with Gasteiger partial charge in [0.15, 0.2) is 0 Å². The number of esters is 1. The average molecular weight is 599 g/mol. The molecule has 0 saturated carbocycles. The Bertz CT molecular complexity index is 1460. The third kappa shape index (κ3) is 7.65. The third-order valence-corrected chi connectivity index (χ3v) is 7.07. The van der Waals surface area contributed by atoms with Crippen molar-refractivity contribution in [1.29, 1.82) is 0 Å². The highest BCUT2D eigenvalue weighted by Crippen LogP contribution is 2.32. The average Bonchev–Trinajstić information content (AvgIpc) is 3.20. The zero-order chi connectivity index (χ0) is 28.6. The smallest absolute Gasteiger partial charge is 0.339 e. The monoisotopic (exact) mass is 598 g/mol. The van der Waals surface area contributed by atoms with E-state index >= 15 is 0 Å². The summed E-state index contributed by atoms with van der Waals surface area (Å²) in [5.74, 6) is -1.16. The fraction of sp³-hybridized carbons (Fsp3) is 0.172. The quantitative estimate of drug-likeness (QED) is 0.202. The number of carbonyl (C=O) groups is 4. The van der Waals surface area contributed by atoms with Crippen LogP contribution in [0.4, 0.5) is 10.5 Å². The molecule has 1 N–H and O–H groups in total. The van der Waals surface area contributed by atoms with E-state index in [0.717, 1.165) is 22.2 Å². The molecule has 0 atom stereocenters. The summed E-state index contributed by atoms with van der Waals surface area (Å²) in [5, 5.41) is 2.85. The lowest BCUT2D eigenvalue weighted by Crippen LogP contribution is -2.36. The number of imide groups is 1. The van der Waals surface area contributed by atoms with Crippen molar-refractivity contribution in [3.05, 3.63) is 98.4 Å². The molecule has 40 heavy (non-hydrogen) atoms. The number of nitrogens with one attached hydrogen (secondary N) is 1. The summed E-state index contributed by atoms with van der Waals surface area (Å²) in [6.07, 6.45) is 2.23. The van der Waals surface area contributed by atoms with Crippen LogP contribution in [0, 0.1) is 0 Å². The third-order valence-electron chi connectivity index (χ3n) is 5.58. The van der Waals surface area contributed by atoms with Gasteiger partial charge in [-0.3, -0.25) is 19.3 Å². The molecule has 11 heteroatoms. The second-order valence-electron chi connectivity index (χ2n) is 8.63. The Hall–Kier alpha value is -3.79. The second kappa shape index (κ2) is 13.5. The maximum absolute atomic E-state index is 12.9. The van der Waals surface area contributed by atoms with Crippen molar-refractivity contribution in [3.63, 3.8) is 0 Å². The maximum atomic E-state index is 12.9. The topological polar surface area (TPSA) is 102 Å². The van der Waals surface area contributed by atoms with Crippen LogP contribution >= 0.6 is 35.0 Å². The predicted molar refractivity (Wildman–Crippen MR) is 156 cm³/mol. The second-order valence-corrected chi connectivity index (χ2v) is 10.5. The standard InChI is InChI=1S/C29H24Cl2N2O6S/c1-2-13-38-28(36)23-15-21(9-12-24(23)31)32-26(34)16-33-27(35)25(40-29(33)37)14-18-5-10-22(11-6-18)39-17-19-3-7-20(30)8-4-19/h3-12,14-15H,2,13,16-17H2,1H3,(H,32,34)/b25-14+. The summed E-state index contributed by atoms with van der Waals surface area (Å²) in [7, 11) is 0. The van der Waals surface area contributed by atoms with Gasteiger partial charge < -0.3 is 14.8 Å². The van der Waals surface area contributed by atoms with E-state index in [2.05, 4.69) is 5.32 Å². The van der Waals surface area contributed by atoms with Gasteiger partial charge in [-0.15, -0.1) is 0 Å². The number of halogens is 2. The molecule has 3 amide bonds. The highest BCUT2D eigenvalue weighted by atomic mass is 35.5. The van der Waals surface area contributed by atoms with E-state index in [4.69, 9.17) is 32.7 Å². The minimum absolute atomic E-state index is 0.100. The van der Waals surface area contributed by atoms with Crippen LogP contribution < -0.4 is 10.1 Å². The number of hydrogen-bond donors (Lipinski definition) is 1. The lowest BCUT2D eigenvalue weighted by Gasteiger charge is -2.13. The van der Waals surface area contributed by atoms with E-state index in [1.807, 2.05) is 19.1 Å². The summed E-state index contributed by atoms with van der Waals surface area (Å²) >= 11 is 12.7. The summed E-state index contributed by atoms with van der Waals surface area (Å²) in [5.41, 5.74) is 2.04. The zero-order valence-corrected chi connectivity index (χ0v) is 23.6. The molecule has 0 aromatic heterocycles. The van der Waals surface area contributed by atoms with Crippen molar-refractivity contribution in [2.24, 2.45) is 0 Å². The Kier molecular flexibility index (Phi) is 9.87. The normalized spacial score (nSPS) is 14.0. The molecule has 3 aromatic carbocycles. The maximum Gasteiger partial charge on any atom is 0.339 e. The number of nitrogens with zero attached hydrogens (tertiary/aromatic N) is 1. The van der Waals surface area contributed by atoms with Crippen molar-refractivity contribution in [1.82, 2.24) is 4.90 Å². The Morgan fingerprint density at radius 1 is 1.00 bits per heavy atom. The number of thioether (sulfide) groups is 1. The molecule has 0 spiro atoms. The van der Waals surface area contributed by atoms with Crippen LogP contribution in [0.3, 0.4) is 0 Å². The Balaban J connectivity index is 1.35. The van der Waals surface area contributed by atoms with Crippen LogP contribution in [0.5, 0.6) is 5.75 Å². The van der Waals surface area contributed by atoms with Gasteiger partial charge in [-0.05, 0) is 77.9 Å². The van der Waals surface area contributed by atoms with Crippen LogP contribution in [0.1, 0.15) is 34.8 Å². The summed E-state index contributed by atoms with van der Waals surface area (Å²) in [4.78, 5) is 51.2. The van der Waals surface area contributed by atoms with Gasteiger partial charge in [0.2, 0.25) is 5.91 Å². The van der Waals surface area contributed by atoms with Gasteiger partial charge in [0.25, 0.3) is 11.1 Å². The van der Waals surface area contributed by atoms with Gasteiger partial charge in [-0.25, -0.2) is 4.79 Å². The molecule has 8 nitrogen and oxygen atoms in total. The minimum Gasteiger partial charge on any atom is -0.489 e. The number of hydrogen-bond acceptors (Lipinski definition) is 7. The molecule has 4 rings (SSSR count). The first-order valence-corrected chi connectivity index (χ1v) is 13.8. The van der Waals surface area contributed by atoms with Gasteiger partial charge >= 0.3 is 5.97 Å².